The number of nitrogens with zero attached hydrogens (tertiary/aromatic N) is 1. The Bertz CT molecular complexity index is 265. The first-order valence-corrected chi connectivity index (χ1v) is 5.35. The molecular weight excluding hydrogens is 180 g/mol. The highest BCUT2D eigenvalue weighted by Crippen LogP contribution is 2.21. The van der Waals surface area contributed by atoms with Crippen LogP contribution in [0.2, 0.25) is 0 Å². The molecule has 2 aliphatic rings. The van der Waals surface area contributed by atoms with Gasteiger partial charge in [-0.15, -0.1) is 0 Å². The normalized spacial score (nSPS) is 32.5. The number of carbonyl (C=O) groups excluding carboxylic acids is 2. The van der Waals surface area contributed by atoms with Crippen LogP contribution in [0.15, 0.2) is 0 Å². The number of piperidine rings is 1. The van der Waals surface area contributed by atoms with Crippen molar-refractivity contribution in [3.63, 3.8) is 0 Å². The maximum Gasteiger partial charge on any atom is 0.245 e. The lowest BCUT2D eigenvalue weighted by atomic mass is 9.96. The minimum atomic E-state index is -0.281. The number of hydrogen-bond acceptors (Lipinski definition) is 2. The number of nitrogens with one attached hydrogen (secondary N) is 1. The lowest BCUT2D eigenvalue weighted by molar-refractivity contribution is -0.151. The third kappa shape index (κ3) is 1.38. The Morgan fingerprint density at radius 1 is 1.43 bits per heavy atom. The highest BCUT2D eigenvalue weighted by atomic mass is 16.2. The zero-order chi connectivity index (χ0) is 10.1. The molecule has 78 valence electrons. The molecule has 0 aliphatic carbocycles. The van der Waals surface area contributed by atoms with Crippen molar-refractivity contribution in [2.45, 2.75) is 44.7 Å². The molecule has 2 fully saturated rings. The predicted octanol–water partition coefficient (Wildman–Crippen LogP) is 0.276. The number of carbonyl (C=O) groups is 2. The third-order valence-electron chi connectivity index (χ3n) is 3.11. The lowest BCUT2D eigenvalue weighted by Gasteiger charge is -2.41. The summed E-state index contributed by atoms with van der Waals surface area (Å²) in [5.41, 5.74) is 0. The summed E-state index contributed by atoms with van der Waals surface area (Å²) in [4.78, 5) is 25.2. The zero-order valence-electron chi connectivity index (χ0n) is 8.45. The molecule has 14 heavy (non-hydrogen) atoms. The Hall–Kier alpha value is -1.06. The van der Waals surface area contributed by atoms with Crippen molar-refractivity contribution in [3.8, 4) is 0 Å². The molecule has 4 nitrogen and oxygen atoms in total. The fourth-order valence-electron chi connectivity index (χ4n) is 2.27. The summed E-state index contributed by atoms with van der Waals surface area (Å²) < 4.78 is 0. The van der Waals surface area contributed by atoms with Crippen LogP contribution < -0.4 is 5.32 Å². The lowest BCUT2D eigenvalue weighted by Crippen LogP contribution is -2.64. The monoisotopic (exact) mass is 196 g/mol. The van der Waals surface area contributed by atoms with Gasteiger partial charge < -0.3 is 10.2 Å². The first-order chi connectivity index (χ1) is 6.74. The summed E-state index contributed by atoms with van der Waals surface area (Å²) >= 11 is 0. The van der Waals surface area contributed by atoms with Crippen molar-refractivity contribution in [1.29, 1.82) is 0 Å². The number of fused-ring (bicyclic) bond motifs is 1. The minimum absolute atomic E-state index is 0.0381. The maximum atomic E-state index is 11.8. The summed E-state index contributed by atoms with van der Waals surface area (Å²) in [6.07, 6.45) is 3.60. The van der Waals surface area contributed by atoms with E-state index in [4.69, 9.17) is 0 Å². The van der Waals surface area contributed by atoms with E-state index in [1.54, 1.807) is 4.90 Å². The molecule has 2 saturated heterocycles. The molecule has 0 radical (unpaired) electrons. The van der Waals surface area contributed by atoms with Crippen LogP contribution in [-0.4, -0.2) is 35.3 Å². The molecule has 0 bridgehead atoms. The predicted molar refractivity (Wildman–Crippen MR) is 51.6 cm³/mol. The molecule has 0 aromatic rings. The molecule has 4 heteroatoms. The van der Waals surface area contributed by atoms with Crippen molar-refractivity contribution >= 4 is 11.8 Å². The molecule has 2 aliphatic heterocycles. The average Bonchev–Trinajstić information content (AvgIpc) is 2.23. The van der Waals surface area contributed by atoms with Crippen molar-refractivity contribution < 1.29 is 9.59 Å². The van der Waals surface area contributed by atoms with E-state index in [1.807, 2.05) is 6.92 Å². The fraction of sp³-hybridized carbons (Fsp3) is 0.800. The van der Waals surface area contributed by atoms with Gasteiger partial charge >= 0.3 is 0 Å². The maximum absolute atomic E-state index is 11.8. The second-order valence-corrected chi connectivity index (χ2v) is 4.01. The Kier molecular flexibility index (Phi) is 2.44. The molecule has 0 saturated carbocycles. The molecule has 0 aromatic heterocycles. The molecule has 2 rings (SSSR count). The highest BCUT2D eigenvalue weighted by Gasteiger charge is 2.40. The van der Waals surface area contributed by atoms with Crippen LogP contribution in [0.25, 0.3) is 0 Å². The Morgan fingerprint density at radius 2 is 2.21 bits per heavy atom. The van der Waals surface area contributed by atoms with Crippen molar-refractivity contribution in [2.75, 3.05) is 6.54 Å². The summed E-state index contributed by atoms with van der Waals surface area (Å²) in [5.74, 6) is 0.146. The Balaban J connectivity index is 2.17. The van der Waals surface area contributed by atoms with Crippen LogP contribution in [0.5, 0.6) is 0 Å². The van der Waals surface area contributed by atoms with Crippen LogP contribution >= 0.6 is 0 Å². The van der Waals surface area contributed by atoms with Gasteiger partial charge in [0.15, 0.2) is 0 Å². The SMILES string of the molecule is CCC1NC(=O)C2CCCCN2C1=O. The summed E-state index contributed by atoms with van der Waals surface area (Å²) in [7, 11) is 0. The van der Waals surface area contributed by atoms with Crippen molar-refractivity contribution in [1.82, 2.24) is 10.2 Å². The van der Waals surface area contributed by atoms with E-state index in [2.05, 4.69) is 5.32 Å². The minimum Gasteiger partial charge on any atom is -0.343 e. The van der Waals surface area contributed by atoms with Crippen LogP contribution in [0.3, 0.4) is 0 Å². The fourth-order valence-corrected chi connectivity index (χ4v) is 2.27. The number of rotatable bonds is 1. The van der Waals surface area contributed by atoms with E-state index in [0.717, 1.165) is 25.8 Å². The first kappa shape index (κ1) is 9.49. The summed E-state index contributed by atoms with van der Waals surface area (Å²) in [6.45, 7) is 2.68. The van der Waals surface area contributed by atoms with Gasteiger partial charge in [-0.2, -0.15) is 0 Å². The molecule has 2 atom stereocenters. The highest BCUT2D eigenvalue weighted by molar-refractivity contribution is 5.97. The zero-order valence-corrected chi connectivity index (χ0v) is 8.45. The molecule has 0 spiro atoms. The van der Waals surface area contributed by atoms with Gasteiger partial charge in [-0.1, -0.05) is 6.92 Å². The number of piperazine rings is 1. The van der Waals surface area contributed by atoms with Gasteiger partial charge in [-0.3, -0.25) is 9.59 Å². The van der Waals surface area contributed by atoms with Crippen LogP contribution in [-0.2, 0) is 9.59 Å². The second-order valence-electron chi connectivity index (χ2n) is 4.01. The van der Waals surface area contributed by atoms with Gasteiger partial charge in [0, 0.05) is 6.54 Å². The summed E-state index contributed by atoms with van der Waals surface area (Å²) in [5, 5.41) is 2.78. The largest absolute Gasteiger partial charge is 0.343 e. The Labute approximate surface area is 83.6 Å². The smallest absolute Gasteiger partial charge is 0.245 e. The van der Waals surface area contributed by atoms with E-state index in [9.17, 15) is 9.59 Å². The van der Waals surface area contributed by atoms with E-state index < -0.39 is 0 Å². The van der Waals surface area contributed by atoms with Gasteiger partial charge in [0.05, 0.1) is 0 Å². The van der Waals surface area contributed by atoms with Crippen LogP contribution in [0, 0.1) is 0 Å². The van der Waals surface area contributed by atoms with Crippen molar-refractivity contribution in [2.24, 2.45) is 0 Å². The van der Waals surface area contributed by atoms with E-state index in [0.29, 0.717) is 6.42 Å². The van der Waals surface area contributed by atoms with Crippen molar-refractivity contribution in [3.05, 3.63) is 0 Å². The Morgan fingerprint density at radius 3 is 2.93 bits per heavy atom. The van der Waals surface area contributed by atoms with Gasteiger partial charge in [-0.25, -0.2) is 0 Å². The van der Waals surface area contributed by atoms with Crippen LogP contribution in [0.4, 0.5) is 0 Å². The van der Waals surface area contributed by atoms with E-state index in [1.165, 1.54) is 0 Å². The number of hydrogen-bond donors (Lipinski definition) is 1. The van der Waals surface area contributed by atoms with Crippen LogP contribution in [0.1, 0.15) is 32.6 Å². The summed E-state index contributed by atoms with van der Waals surface area (Å²) in [6, 6.07) is -0.462. The molecule has 2 unspecified atom stereocenters. The second kappa shape index (κ2) is 3.59. The van der Waals surface area contributed by atoms with Gasteiger partial charge in [0.2, 0.25) is 11.8 Å². The quantitative estimate of drug-likeness (QED) is 0.654. The molecule has 2 amide bonds. The standard InChI is InChI=1S/C10H16N2O2/c1-2-7-10(14)12-6-4-3-5-8(12)9(13)11-7/h7-8H,2-6H2,1H3,(H,11,13). The third-order valence-corrected chi connectivity index (χ3v) is 3.11. The topological polar surface area (TPSA) is 49.4 Å². The average molecular weight is 196 g/mol. The van der Waals surface area contributed by atoms with Gasteiger partial charge in [0.25, 0.3) is 0 Å². The molecular formula is C10H16N2O2. The molecule has 0 aromatic carbocycles. The van der Waals surface area contributed by atoms with E-state index in [-0.39, 0.29) is 23.9 Å². The number of amides is 2. The molecule has 1 N–H and O–H groups in total. The van der Waals surface area contributed by atoms with E-state index >= 15 is 0 Å². The molecule has 2 heterocycles. The van der Waals surface area contributed by atoms with Gasteiger partial charge in [-0.05, 0) is 25.7 Å². The first-order valence-electron chi connectivity index (χ1n) is 5.35. The van der Waals surface area contributed by atoms with Gasteiger partial charge in [0.1, 0.15) is 12.1 Å².